The molecule has 0 bridgehead atoms. The summed E-state index contributed by atoms with van der Waals surface area (Å²) >= 11 is 0. The molecule has 110 valence electrons. The van der Waals surface area contributed by atoms with E-state index in [9.17, 15) is 23.4 Å². The Kier molecular flexibility index (Phi) is 5.63. The van der Waals surface area contributed by atoms with Crippen molar-refractivity contribution >= 4 is 0 Å². The van der Waals surface area contributed by atoms with Crippen LogP contribution in [0.3, 0.4) is 0 Å². The maximum Gasteiger partial charge on any atom is 0.422 e. The molecule has 1 rings (SSSR count). The molecular formula is C11H12F3N3O3. The Morgan fingerprint density at radius 2 is 1.85 bits per heavy atom. The van der Waals surface area contributed by atoms with Crippen LogP contribution in [0.15, 0.2) is 29.4 Å². The molecule has 0 aliphatic carbocycles. The van der Waals surface area contributed by atoms with Gasteiger partial charge in [0.05, 0.1) is 12.6 Å². The number of hydrogen-bond donors (Lipinski definition) is 2. The molecule has 1 aromatic carbocycles. The summed E-state index contributed by atoms with van der Waals surface area (Å²) in [4.78, 5) is 2.44. The van der Waals surface area contributed by atoms with Gasteiger partial charge in [0.1, 0.15) is 11.9 Å². The summed E-state index contributed by atoms with van der Waals surface area (Å²) in [6, 6.07) is 5.11. The Morgan fingerprint density at radius 3 is 2.35 bits per heavy atom. The van der Waals surface area contributed by atoms with Gasteiger partial charge in [-0.25, -0.2) is 0 Å². The summed E-state index contributed by atoms with van der Waals surface area (Å²) in [6.07, 6.45) is -7.03. The first kappa shape index (κ1) is 16.1. The predicted octanol–water partition coefficient (Wildman–Crippen LogP) is 2.33. The minimum Gasteiger partial charge on any atom is -0.484 e. The average molecular weight is 291 g/mol. The van der Waals surface area contributed by atoms with Crippen molar-refractivity contribution in [1.82, 2.24) is 0 Å². The fourth-order valence-corrected chi connectivity index (χ4v) is 1.37. The first-order valence-electron chi connectivity index (χ1n) is 5.50. The van der Waals surface area contributed by atoms with Crippen LogP contribution in [0.5, 0.6) is 5.75 Å². The van der Waals surface area contributed by atoms with Crippen LogP contribution in [0.4, 0.5) is 13.2 Å². The molecule has 2 N–H and O–H groups in total. The third-order valence-electron chi connectivity index (χ3n) is 2.32. The minimum absolute atomic E-state index is 0.0113. The van der Waals surface area contributed by atoms with E-state index >= 15 is 0 Å². The van der Waals surface area contributed by atoms with E-state index in [2.05, 4.69) is 14.8 Å². The predicted molar refractivity (Wildman–Crippen MR) is 63.0 cm³/mol. The molecule has 0 spiro atoms. The van der Waals surface area contributed by atoms with Gasteiger partial charge in [-0.3, -0.25) is 0 Å². The average Bonchev–Trinajstić information content (AvgIpc) is 2.41. The van der Waals surface area contributed by atoms with Gasteiger partial charge in [-0.1, -0.05) is 17.2 Å². The van der Waals surface area contributed by atoms with E-state index in [1.54, 1.807) is 0 Å². The number of ether oxygens (including phenoxy) is 1. The molecule has 20 heavy (non-hydrogen) atoms. The lowest BCUT2D eigenvalue weighted by molar-refractivity contribution is -0.153. The van der Waals surface area contributed by atoms with Crippen LogP contribution in [0, 0.1) is 0 Å². The van der Waals surface area contributed by atoms with Crippen LogP contribution in [-0.2, 0) is 0 Å². The molecule has 0 aliphatic rings. The summed E-state index contributed by atoms with van der Waals surface area (Å²) in [5.74, 6) is -0.0113. The fourth-order valence-electron chi connectivity index (χ4n) is 1.37. The van der Waals surface area contributed by atoms with Crippen LogP contribution in [0.25, 0.3) is 10.4 Å². The summed E-state index contributed by atoms with van der Waals surface area (Å²) in [5, 5.41) is 22.3. The van der Waals surface area contributed by atoms with Crippen molar-refractivity contribution in [2.75, 3.05) is 13.2 Å². The highest BCUT2D eigenvalue weighted by atomic mass is 19.4. The van der Waals surface area contributed by atoms with E-state index < -0.39 is 25.0 Å². The molecule has 2 unspecified atom stereocenters. The van der Waals surface area contributed by atoms with Crippen molar-refractivity contribution in [2.45, 2.75) is 18.4 Å². The van der Waals surface area contributed by atoms with Crippen LogP contribution in [0.2, 0.25) is 0 Å². The van der Waals surface area contributed by atoms with E-state index in [1.165, 1.54) is 24.3 Å². The van der Waals surface area contributed by atoms with Gasteiger partial charge in [0.2, 0.25) is 0 Å². The first-order chi connectivity index (χ1) is 9.33. The van der Waals surface area contributed by atoms with E-state index in [0.29, 0.717) is 0 Å². The van der Waals surface area contributed by atoms with Crippen molar-refractivity contribution in [1.29, 1.82) is 0 Å². The molecule has 6 nitrogen and oxygen atoms in total. The summed E-state index contributed by atoms with van der Waals surface area (Å²) in [7, 11) is 0. The van der Waals surface area contributed by atoms with Crippen LogP contribution >= 0.6 is 0 Å². The van der Waals surface area contributed by atoms with Crippen molar-refractivity contribution in [3.63, 3.8) is 0 Å². The molecule has 0 radical (unpaired) electrons. The van der Waals surface area contributed by atoms with Gasteiger partial charge in [-0.2, -0.15) is 13.2 Å². The highest BCUT2D eigenvalue weighted by Crippen LogP contribution is 2.22. The van der Waals surface area contributed by atoms with Crippen molar-refractivity contribution < 1.29 is 28.1 Å². The number of aliphatic hydroxyl groups excluding tert-OH is 2. The Hall–Kier alpha value is -1.96. The number of halogens is 3. The largest absolute Gasteiger partial charge is 0.484 e. The smallest absolute Gasteiger partial charge is 0.422 e. The van der Waals surface area contributed by atoms with E-state index in [0.717, 1.165) is 0 Å². The Morgan fingerprint density at radius 1 is 1.25 bits per heavy atom. The molecule has 0 heterocycles. The number of nitrogens with zero attached hydrogens (tertiary/aromatic N) is 3. The first-order valence-corrected chi connectivity index (χ1v) is 5.50. The molecule has 9 heteroatoms. The Balaban J connectivity index is 2.63. The van der Waals surface area contributed by atoms with Crippen LogP contribution < -0.4 is 4.74 Å². The second-order valence-electron chi connectivity index (χ2n) is 3.90. The van der Waals surface area contributed by atoms with Gasteiger partial charge in [0.25, 0.3) is 0 Å². The normalized spacial score (nSPS) is 14.2. The zero-order valence-corrected chi connectivity index (χ0v) is 10.2. The van der Waals surface area contributed by atoms with Crippen molar-refractivity contribution in [3.8, 4) is 5.75 Å². The van der Waals surface area contributed by atoms with E-state index in [4.69, 9.17) is 5.53 Å². The molecule has 0 fully saturated rings. The second kappa shape index (κ2) is 6.99. The molecule has 0 amide bonds. The molecule has 2 atom stereocenters. The third kappa shape index (κ3) is 5.35. The zero-order chi connectivity index (χ0) is 15.2. The summed E-state index contributed by atoms with van der Waals surface area (Å²) in [6.45, 7) is -1.72. The van der Waals surface area contributed by atoms with Gasteiger partial charge in [-0.05, 0) is 23.2 Å². The van der Waals surface area contributed by atoms with Gasteiger partial charge >= 0.3 is 6.18 Å². The lowest BCUT2D eigenvalue weighted by Gasteiger charge is -2.16. The van der Waals surface area contributed by atoms with Crippen molar-refractivity contribution in [2.24, 2.45) is 5.11 Å². The highest BCUT2D eigenvalue weighted by molar-refractivity contribution is 5.29. The van der Waals surface area contributed by atoms with Crippen LogP contribution in [0.1, 0.15) is 11.7 Å². The molecular weight excluding hydrogens is 279 g/mol. The zero-order valence-electron chi connectivity index (χ0n) is 10.2. The van der Waals surface area contributed by atoms with Gasteiger partial charge in [-0.15, -0.1) is 0 Å². The maximum absolute atomic E-state index is 11.9. The van der Waals surface area contributed by atoms with Gasteiger partial charge < -0.3 is 14.9 Å². The third-order valence-corrected chi connectivity index (χ3v) is 2.32. The Bertz CT molecular complexity index is 472. The summed E-state index contributed by atoms with van der Waals surface area (Å²) < 4.78 is 40.3. The number of rotatable bonds is 6. The SMILES string of the molecule is [N-]=[N+]=NCC(O)C(O)c1ccc(OCC(F)(F)F)cc1. The van der Waals surface area contributed by atoms with E-state index in [-0.39, 0.29) is 17.9 Å². The molecule has 0 saturated heterocycles. The monoisotopic (exact) mass is 291 g/mol. The van der Waals surface area contributed by atoms with Gasteiger partial charge in [0, 0.05) is 4.91 Å². The summed E-state index contributed by atoms with van der Waals surface area (Å²) in [5.41, 5.74) is 8.35. The number of azide groups is 1. The minimum atomic E-state index is -4.43. The number of alkyl halides is 3. The number of hydrogen-bond acceptors (Lipinski definition) is 4. The highest BCUT2D eigenvalue weighted by Gasteiger charge is 2.28. The maximum atomic E-state index is 11.9. The fraction of sp³-hybridized carbons (Fsp3) is 0.455. The molecule has 1 aromatic rings. The molecule has 0 saturated carbocycles. The lowest BCUT2D eigenvalue weighted by atomic mass is 10.0. The van der Waals surface area contributed by atoms with Gasteiger partial charge in [0.15, 0.2) is 6.61 Å². The number of aliphatic hydroxyl groups is 2. The standard InChI is InChI=1S/C11H12F3N3O3/c12-11(13,14)6-20-8-3-1-7(2-4-8)10(19)9(18)5-16-17-15/h1-4,9-10,18-19H,5-6H2. The quantitative estimate of drug-likeness (QED) is 0.478. The Labute approximate surface area is 112 Å². The topological polar surface area (TPSA) is 98.5 Å². The molecule has 0 aliphatic heterocycles. The second-order valence-corrected chi connectivity index (χ2v) is 3.90. The molecule has 0 aromatic heterocycles. The van der Waals surface area contributed by atoms with E-state index in [1.807, 2.05) is 0 Å². The van der Waals surface area contributed by atoms with Crippen molar-refractivity contribution in [3.05, 3.63) is 40.3 Å². The van der Waals surface area contributed by atoms with Crippen LogP contribution in [-0.4, -0.2) is 35.6 Å². The lowest BCUT2D eigenvalue weighted by Crippen LogP contribution is -2.21. The number of benzene rings is 1.